The number of carboxylic acids is 2. The summed E-state index contributed by atoms with van der Waals surface area (Å²) in [4.78, 5) is 22.2. The first-order valence-electron chi connectivity index (χ1n) is 6.18. The highest BCUT2D eigenvalue weighted by molar-refractivity contribution is 5.87. The Morgan fingerprint density at radius 2 is 1.65 bits per heavy atom. The molecule has 0 aliphatic carbocycles. The number of nitrogens with two attached hydrogens (primary N) is 1. The van der Waals surface area contributed by atoms with E-state index >= 15 is 0 Å². The van der Waals surface area contributed by atoms with Crippen LogP contribution in [-0.4, -0.2) is 28.2 Å². The molecule has 0 aromatic heterocycles. The molecule has 0 unspecified atom stereocenters. The molecule has 0 fully saturated rings. The maximum Gasteiger partial charge on any atom is 0.321 e. The van der Waals surface area contributed by atoms with Gasteiger partial charge in [0.25, 0.3) is 0 Å². The van der Waals surface area contributed by atoms with Crippen molar-refractivity contribution in [3.8, 4) is 0 Å². The summed E-state index contributed by atoms with van der Waals surface area (Å²) >= 11 is 0. The molecular weight excluding hydrogens is 258 g/mol. The maximum atomic E-state index is 11.2. The van der Waals surface area contributed by atoms with Crippen molar-refractivity contribution < 1.29 is 19.8 Å². The largest absolute Gasteiger partial charge is 0.481 e. The molecule has 5 nitrogen and oxygen atoms in total. The molecule has 104 valence electrons. The second-order valence-corrected chi connectivity index (χ2v) is 4.65. The summed E-state index contributed by atoms with van der Waals surface area (Å²) < 4.78 is 0. The number of hydrogen-bond acceptors (Lipinski definition) is 3. The van der Waals surface area contributed by atoms with Crippen molar-refractivity contribution in [1.29, 1.82) is 0 Å². The molecule has 20 heavy (non-hydrogen) atoms. The molecule has 0 aliphatic rings. The average molecular weight is 273 g/mol. The van der Waals surface area contributed by atoms with Crippen molar-refractivity contribution in [2.24, 2.45) is 11.7 Å². The van der Waals surface area contributed by atoms with Crippen molar-refractivity contribution in [1.82, 2.24) is 0 Å². The van der Waals surface area contributed by atoms with Gasteiger partial charge in [-0.2, -0.15) is 0 Å². The fraction of sp³-hybridized carbons (Fsp3) is 0.200. The van der Waals surface area contributed by atoms with Crippen LogP contribution in [-0.2, 0) is 16.0 Å². The maximum absolute atomic E-state index is 11.2. The minimum atomic E-state index is -1.42. The Morgan fingerprint density at radius 3 is 2.30 bits per heavy atom. The summed E-state index contributed by atoms with van der Waals surface area (Å²) in [6.07, 6.45) is 0.0875. The van der Waals surface area contributed by atoms with Gasteiger partial charge in [0.1, 0.15) is 6.04 Å². The number of hydrogen-bond donors (Lipinski definition) is 3. The molecule has 0 heterocycles. The van der Waals surface area contributed by atoms with Crippen molar-refractivity contribution >= 4 is 22.7 Å². The predicted octanol–water partition coefficient (Wildman–Crippen LogP) is 1.49. The van der Waals surface area contributed by atoms with Crippen molar-refractivity contribution in [3.63, 3.8) is 0 Å². The summed E-state index contributed by atoms with van der Waals surface area (Å²) in [6, 6.07) is 11.7. The SMILES string of the molecule is N[C@H](C(=O)O)[C@@H](Cc1cccc2ccccc12)C(=O)O. The molecule has 4 N–H and O–H groups in total. The number of carboxylic acid groups (broad SMARTS) is 2. The fourth-order valence-electron chi connectivity index (χ4n) is 2.25. The van der Waals surface area contributed by atoms with E-state index in [1.54, 1.807) is 6.07 Å². The molecule has 5 heteroatoms. The molecule has 2 rings (SSSR count). The zero-order chi connectivity index (χ0) is 14.7. The van der Waals surface area contributed by atoms with Gasteiger partial charge >= 0.3 is 11.9 Å². The van der Waals surface area contributed by atoms with Crippen LogP contribution in [0.5, 0.6) is 0 Å². The first kappa shape index (κ1) is 14.0. The van der Waals surface area contributed by atoms with E-state index in [4.69, 9.17) is 10.8 Å². The molecule has 2 atom stereocenters. The first-order valence-corrected chi connectivity index (χ1v) is 6.18. The third kappa shape index (κ3) is 2.78. The normalized spacial score (nSPS) is 13.8. The van der Waals surface area contributed by atoms with Crippen molar-refractivity contribution in [2.75, 3.05) is 0 Å². The Bertz CT molecular complexity index is 648. The van der Waals surface area contributed by atoms with Crippen LogP contribution in [0, 0.1) is 5.92 Å². The van der Waals surface area contributed by atoms with Crippen LogP contribution in [0.4, 0.5) is 0 Å². The Balaban J connectivity index is 2.39. The minimum absolute atomic E-state index is 0.0875. The zero-order valence-corrected chi connectivity index (χ0v) is 10.7. The van der Waals surface area contributed by atoms with E-state index in [9.17, 15) is 14.7 Å². The van der Waals surface area contributed by atoms with Gasteiger partial charge in [0.15, 0.2) is 0 Å². The Morgan fingerprint density at radius 1 is 1.00 bits per heavy atom. The summed E-state index contributed by atoms with van der Waals surface area (Å²) in [5.74, 6) is -3.66. The Kier molecular flexibility index (Phi) is 4.00. The predicted molar refractivity (Wildman–Crippen MR) is 74.4 cm³/mol. The van der Waals surface area contributed by atoms with Gasteiger partial charge in [0, 0.05) is 0 Å². The molecular formula is C15H15NO4. The summed E-state index contributed by atoms with van der Waals surface area (Å²) in [5.41, 5.74) is 6.26. The van der Waals surface area contributed by atoms with Crippen LogP contribution < -0.4 is 5.73 Å². The lowest BCUT2D eigenvalue weighted by Crippen LogP contribution is -2.43. The molecule has 0 amide bonds. The minimum Gasteiger partial charge on any atom is -0.481 e. The topological polar surface area (TPSA) is 101 Å². The van der Waals surface area contributed by atoms with E-state index in [2.05, 4.69) is 0 Å². The van der Waals surface area contributed by atoms with Gasteiger partial charge in [-0.05, 0) is 22.8 Å². The fourth-order valence-corrected chi connectivity index (χ4v) is 2.25. The zero-order valence-electron chi connectivity index (χ0n) is 10.7. The van der Waals surface area contributed by atoms with Gasteiger partial charge in [-0.3, -0.25) is 9.59 Å². The van der Waals surface area contributed by atoms with Crippen LogP contribution in [0.15, 0.2) is 42.5 Å². The van der Waals surface area contributed by atoms with E-state index in [1.165, 1.54) is 0 Å². The number of rotatable bonds is 5. The van der Waals surface area contributed by atoms with Gasteiger partial charge in [-0.1, -0.05) is 42.5 Å². The highest BCUT2D eigenvalue weighted by atomic mass is 16.4. The molecule has 2 aromatic carbocycles. The van der Waals surface area contributed by atoms with Crippen LogP contribution >= 0.6 is 0 Å². The van der Waals surface area contributed by atoms with Crippen LogP contribution in [0.25, 0.3) is 10.8 Å². The number of aliphatic carboxylic acids is 2. The van der Waals surface area contributed by atoms with Gasteiger partial charge in [-0.25, -0.2) is 0 Å². The van der Waals surface area contributed by atoms with Crippen LogP contribution in [0.1, 0.15) is 5.56 Å². The van der Waals surface area contributed by atoms with Crippen LogP contribution in [0.3, 0.4) is 0 Å². The molecule has 0 aliphatic heterocycles. The quantitative estimate of drug-likeness (QED) is 0.766. The smallest absolute Gasteiger partial charge is 0.321 e. The third-order valence-electron chi connectivity index (χ3n) is 3.36. The first-order chi connectivity index (χ1) is 9.50. The van der Waals surface area contributed by atoms with Gasteiger partial charge in [0.2, 0.25) is 0 Å². The second kappa shape index (κ2) is 5.71. The summed E-state index contributed by atoms with van der Waals surface area (Å²) in [5, 5.41) is 20.0. The lowest BCUT2D eigenvalue weighted by Gasteiger charge is -2.17. The van der Waals surface area contributed by atoms with Crippen molar-refractivity contribution in [3.05, 3.63) is 48.0 Å². The number of benzene rings is 2. The number of fused-ring (bicyclic) bond motifs is 1. The Labute approximate surface area is 115 Å². The van der Waals surface area contributed by atoms with Gasteiger partial charge in [0.05, 0.1) is 5.92 Å². The molecule has 0 saturated heterocycles. The van der Waals surface area contributed by atoms with E-state index < -0.39 is 23.9 Å². The Hall–Kier alpha value is -2.40. The van der Waals surface area contributed by atoms with Gasteiger partial charge < -0.3 is 15.9 Å². The lowest BCUT2D eigenvalue weighted by molar-refractivity contribution is -0.149. The van der Waals surface area contributed by atoms with Crippen molar-refractivity contribution in [2.45, 2.75) is 12.5 Å². The second-order valence-electron chi connectivity index (χ2n) is 4.65. The van der Waals surface area contributed by atoms with E-state index in [0.717, 1.165) is 16.3 Å². The number of carbonyl (C=O) groups is 2. The molecule has 2 aromatic rings. The van der Waals surface area contributed by atoms with E-state index in [-0.39, 0.29) is 6.42 Å². The highest BCUT2D eigenvalue weighted by Crippen LogP contribution is 2.22. The molecule has 0 spiro atoms. The molecule has 0 saturated carbocycles. The standard InChI is InChI=1S/C15H15NO4/c16-13(15(19)20)12(14(17)18)8-10-6-3-5-9-4-1-2-7-11(9)10/h1-7,12-13H,8,16H2,(H,17,18)(H,19,20)/t12-,13+/m1/s1. The third-order valence-corrected chi connectivity index (χ3v) is 3.36. The summed E-state index contributed by atoms with van der Waals surface area (Å²) in [7, 11) is 0. The lowest BCUT2D eigenvalue weighted by atomic mass is 9.90. The van der Waals surface area contributed by atoms with Gasteiger partial charge in [-0.15, -0.1) is 0 Å². The average Bonchev–Trinajstić information content (AvgIpc) is 2.43. The summed E-state index contributed by atoms with van der Waals surface area (Å²) in [6.45, 7) is 0. The van der Waals surface area contributed by atoms with Crippen LogP contribution in [0.2, 0.25) is 0 Å². The molecule has 0 bridgehead atoms. The molecule has 0 radical (unpaired) electrons. The highest BCUT2D eigenvalue weighted by Gasteiger charge is 2.31. The monoisotopic (exact) mass is 273 g/mol. The van der Waals surface area contributed by atoms with E-state index in [1.807, 2.05) is 36.4 Å². The van der Waals surface area contributed by atoms with E-state index in [0.29, 0.717) is 0 Å².